The van der Waals surface area contributed by atoms with E-state index in [2.05, 4.69) is 19.6 Å². The molecule has 15 heavy (non-hydrogen) atoms. The molecule has 0 unspecified atom stereocenters. The molecule has 0 aliphatic heterocycles. The summed E-state index contributed by atoms with van der Waals surface area (Å²) < 4.78 is 0. The fraction of sp³-hybridized carbons (Fsp3) is 0.909. The van der Waals surface area contributed by atoms with Gasteiger partial charge in [-0.05, 0) is 12.0 Å². The molecule has 1 rings (SSSR count). The Labute approximate surface area is 92.5 Å². The highest BCUT2D eigenvalue weighted by molar-refractivity contribution is 6.77. The van der Waals surface area contributed by atoms with Gasteiger partial charge in [0, 0.05) is 14.5 Å². The minimum Gasteiger partial charge on any atom is -0.395 e. The first-order chi connectivity index (χ1) is 6.85. The summed E-state index contributed by atoms with van der Waals surface area (Å²) in [6, 6.07) is 0. The van der Waals surface area contributed by atoms with Crippen molar-refractivity contribution in [3.8, 4) is 0 Å². The summed E-state index contributed by atoms with van der Waals surface area (Å²) in [6.07, 6.45) is 2.17. The molecule has 1 saturated carbocycles. The lowest BCUT2D eigenvalue weighted by Crippen LogP contribution is -2.45. The molecular weight excluding hydrogens is 208 g/mol. The molecule has 0 saturated heterocycles. The Kier molecular flexibility index (Phi) is 3.74. The molecule has 0 aromatic rings. The standard InChI is InChI=1S/C11H22O3Si/c1-15(2,3)9-4-5-11(7-12,8-13)10(14)6-9/h9,12-13H,4-8H2,1-3H3/t9-/m0/s1. The van der Waals surface area contributed by atoms with Gasteiger partial charge in [-0.2, -0.15) is 0 Å². The van der Waals surface area contributed by atoms with Crippen LogP contribution in [0.2, 0.25) is 25.2 Å². The zero-order chi connectivity index (χ0) is 11.7. The van der Waals surface area contributed by atoms with E-state index < -0.39 is 13.5 Å². The van der Waals surface area contributed by atoms with Crippen LogP contribution in [-0.2, 0) is 4.79 Å². The van der Waals surface area contributed by atoms with Crippen LogP contribution in [0, 0.1) is 5.41 Å². The van der Waals surface area contributed by atoms with Crippen LogP contribution in [0.25, 0.3) is 0 Å². The fourth-order valence-electron chi connectivity index (χ4n) is 2.26. The summed E-state index contributed by atoms with van der Waals surface area (Å²) >= 11 is 0. The van der Waals surface area contributed by atoms with Crippen LogP contribution in [-0.4, -0.2) is 37.3 Å². The van der Waals surface area contributed by atoms with Crippen molar-refractivity contribution in [1.29, 1.82) is 0 Å². The highest BCUT2D eigenvalue weighted by Crippen LogP contribution is 2.42. The van der Waals surface area contributed by atoms with Gasteiger partial charge in [0.15, 0.2) is 0 Å². The second-order valence-electron chi connectivity index (χ2n) is 5.83. The lowest BCUT2D eigenvalue weighted by Gasteiger charge is -2.40. The third kappa shape index (κ3) is 2.49. The number of hydrogen-bond acceptors (Lipinski definition) is 3. The van der Waals surface area contributed by atoms with E-state index in [4.69, 9.17) is 0 Å². The SMILES string of the molecule is C[Si](C)(C)[C@H]1CCC(CO)(CO)C(=O)C1. The smallest absolute Gasteiger partial charge is 0.143 e. The van der Waals surface area contributed by atoms with Crippen LogP contribution < -0.4 is 0 Å². The van der Waals surface area contributed by atoms with E-state index in [-0.39, 0.29) is 19.0 Å². The molecule has 4 heteroatoms. The van der Waals surface area contributed by atoms with Gasteiger partial charge >= 0.3 is 0 Å². The monoisotopic (exact) mass is 230 g/mol. The molecule has 1 aliphatic carbocycles. The Hall–Kier alpha value is -0.193. The van der Waals surface area contributed by atoms with Crippen LogP contribution in [0.5, 0.6) is 0 Å². The molecule has 1 atom stereocenters. The summed E-state index contributed by atoms with van der Waals surface area (Å²) in [5, 5.41) is 18.5. The molecule has 0 spiro atoms. The van der Waals surface area contributed by atoms with Gasteiger partial charge in [0.25, 0.3) is 0 Å². The number of aliphatic hydroxyl groups excluding tert-OH is 2. The topological polar surface area (TPSA) is 57.5 Å². The normalized spacial score (nSPS) is 26.7. The van der Waals surface area contributed by atoms with E-state index in [1.807, 2.05) is 0 Å². The van der Waals surface area contributed by atoms with Crippen molar-refractivity contribution >= 4 is 13.9 Å². The van der Waals surface area contributed by atoms with Crippen molar-refractivity contribution in [2.45, 2.75) is 44.4 Å². The lowest BCUT2D eigenvalue weighted by molar-refractivity contribution is -0.137. The van der Waals surface area contributed by atoms with E-state index in [9.17, 15) is 15.0 Å². The Morgan fingerprint density at radius 3 is 2.20 bits per heavy atom. The second kappa shape index (κ2) is 4.35. The van der Waals surface area contributed by atoms with Crippen molar-refractivity contribution in [1.82, 2.24) is 0 Å². The number of aliphatic hydroxyl groups is 2. The van der Waals surface area contributed by atoms with Crippen molar-refractivity contribution in [2.75, 3.05) is 13.2 Å². The molecule has 0 radical (unpaired) electrons. The number of carbonyl (C=O) groups excluding carboxylic acids is 1. The molecule has 0 heterocycles. The molecule has 0 aromatic heterocycles. The maximum absolute atomic E-state index is 11.9. The average molecular weight is 230 g/mol. The Morgan fingerprint density at radius 2 is 1.87 bits per heavy atom. The van der Waals surface area contributed by atoms with Gasteiger partial charge in [-0.3, -0.25) is 4.79 Å². The minimum absolute atomic E-state index is 0.0613. The molecule has 0 bridgehead atoms. The molecule has 2 N–H and O–H groups in total. The number of hydrogen-bond donors (Lipinski definition) is 2. The highest BCUT2D eigenvalue weighted by atomic mass is 28.3. The molecular formula is C11H22O3Si. The quantitative estimate of drug-likeness (QED) is 0.721. The summed E-state index contributed by atoms with van der Waals surface area (Å²) in [4.78, 5) is 11.9. The second-order valence-corrected chi connectivity index (χ2v) is 11.4. The number of rotatable bonds is 3. The van der Waals surface area contributed by atoms with Crippen LogP contribution in [0.3, 0.4) is 0 Å². The molecule has 3 nitrogen and oxygen atoms in total. The maximum Gasteiger partial charge on any atom is 0.143 e. The van der Waals surface area contributed by atoms with Crippen molar-refractivity contribution < 1.29 is 15.0 Å². The van der Waals surface area contributed by atoms with Gasteiger partial charge in [0.1, 0.15) is 5.78 Å². The van der Waals surface area contributed by atoms with Crippen molar-refractivity contribution in [3.63, 3.8) is 0 Å². The van der Waals surface area contributed by atoms with Crippen LogP contribution in [0.15, 0.2) is 0 Å². The molecule has 0 aromatic carbocycles. The van der Waals surface area contributed by atoms with E-state index in [0.717, 1.165) is 6.42 Å². The highest BCUT2D eigenvalue weighted by Gasteiger charge is 2.44. The lowest BCUT2D eigenvalue weighted by atomic mass is 9.74. The Bertz CT molecular complexity index is 241. The van der Waals surface area contributed by atoms with Crippen LogP contribution in [0.4, 0.5) is 0 Å². The summed E-state index contributed by atoms with van der Waals surface area (Å²) in [5.41, 5.74) is -0.327. The maximum atomic E-state index is 11.9. The predicted molar refractivity (Wildman–Crippen MR) is 62.6 cm³/mol. The van der Waals surface area contributed by atoms with Gasteiger partial charge < -0.3 is 10.2 Å². The summed E-state index contributed by atoms with van der Waals surface area (Å²) in [6.45, 7) is 6.41. The van der Waals surface area contributed by atoms with Crippen molar-refractivity contribution in [3.05, 3.63) is 0 Å². The van der Waals surface area contributed by atoms with E-state index >= 15 is 0 Å². The molecule has 1 fully saturated rings. The minimum atomic E-state index is -1.27. The van der Waals surface area contributed by atoms with Crippen molar-refractivity contribution in [2.24, 2.45) is 5.41 Å². The van der Waals surface area contributed by atoms with Gasteiger partial charge in [-0.25, -0.2) is 0 Å². The first-order valence-corrected chi connectivity index (χ1v) is 9.18. The number of carbonyl (C=O) groups is 1. The zero-order valence-electron chi connectivity index (χ0n) is 9.92. The predicted octanol–water partition coefficient (Wildman–Crippen LogP) is 1.42. The first-order valence-electron chi connectivity index (χ1n) is 5.61. The van der Waals surface area contributed by atoms with Gasteiger partial charge in [-0.1, -0.05) is 26.1 Å². The third-order valence-corrected chi connectivity index (χ3v) is 6.77. The average Bonchev–Trinajstić information content (AvgIpc) is 2.17. The Balaban J connectivity index is 2.75. The fourth-order valence-corrected chi connectivity index (χ4v) is 4.06. The van der Waals surface area contributed by atoms with Gasteiger partial charge in [0.05, 0.1) is 18.6 Å². The molecule has 1 aliphatic rings. The van der Waals surface area contributed by atoms with E-state index in [1.165, 1.54) is 0 Å². The largest absolute Gasteiger partial charge is 0.395 e. The number of ketones is 1. The number of Topliss-reactive ketones (excluding diaryl/α,β-unsaturated/α-hetero) is 1. The summed E-state index contributed by atoms with van der Waals surface area (Å²) in [5.74, 6) is 0.0613. The third-order valence-electron chi connectivity index (χ3n) is 3.82. The molecule has 88 valence electrons. The van der Waals surface area contributed by atoms with Gasteiger partial charge in [-0.15, -0.1) is 0 Å². The van der Waals surface area contributed by atoms with E-state index in [0.29, 0.717) is 18.4 Å². The van der Waals surface area contributed by atoms with Crippen LogP contribution in [0.1, 0.15) is 19.3 Å². The van der Waals surface area contributed by atoms with Crippen LogP contribution >= 0.6 is 0 Å². The van der Waals surface area contributed by atoms with Gasteiger partial charge in [0.2, 0.25) is 0 Å². The first kappa shape index (κ1) is 12.9. The van der Waals surface area contributed by atoms with E-state index in [1.54, 1.807) is 0 Å². The Morgan fingerprint density at radius 1 is 1.33 bits per heavy atom. The summed E-state index contributed by atoms with van der Waals surface area (Å²) in [7, 11) is -1.27. The molecule has 0 amide bonds. The zero-order valence-corrected chi connectivity index (χ0v) is 10.9.